The topological polar surface area (TPSA) is 12.0 Å². The third kappa shape index (κ3) is 3.14. The van der Waals surface area contributed by atoms with Gasteiger partial charge < -0.3 is 5.32 Å². The Morgan fingerprint density at radius 3 is 2.47 bits per heavy atom. The molecule has 1 nitrogen and oxygen atoms in total. The van der Waals surface area contributed by atoms with Gasteiger partial charge in [0.25, 0.3) is 0 Å². The van der Waals surface area contributed by atoms with E-state index in [1.54, 1.807) is 18.2 Å². The van der Waals surface area contributed by atoms with Crippen molar-refractivity contribution in [3.8, 4) is 11.1 Å². The lowest BCUT2D eigenvalue weighted by Crippen LogP contribution is -2.15. The van der Waals surface area contributed by atoms with Crippen molar-refractivity contribution in [1.29, 1.82) is 0 Å². The van der Waals surface area contributed by atoms with E-state index < -0.39 is 0 Å². The fourth-order valence-corrected chi connectivity index (χ4v) is 2.21. The number of hydrogen-bond donors (Lipinski definition) is 1. The first kappa shape index (κ1) is 12.6. The average molecular weight is 276 g/mol. The number of benzene rings is 2. The molecule has 1 N–H and O–H groups in total. The third-order valence-corrected chi connectivity index (χ3v) is 3.61. The van der Waals surface area contributed by atoms with Crippen LogP contribution in [0, 0.1) is 5.82 Å². The Kier molecular flexibility index (Phi) is 3.54. The standard InChI is InChI=1S/C16H15ClFN/c17-13-4-2-12(3-5-13)15-8-1-11(9-16(15)18)10-19-14-6-7-14/h1-5,8-9,14,19H,6-7,10H2. The van der Waals surface area contributed by atoms with Crippen LogP contribution in [0.5, 0.6) is 0 Å². The Hall–Kier alpha value is -1.38. The van der Waals surface area contributed by atoms with Crippen LogP contribution in [0.1, 0.15) is 18.4 Å². The Labute approximate surface area is 117 Å². The number of rotatable bonds is 4. The zero-order valence-corrected chi connectivity index (χ0v) is 11.3. The van der Waals surface area contributed by atoms with Crippen LogP contribution in [0.25, 0.3) is 11.1 Å². The van der Waals surface area contributed by atoms with Gasteiger partial charge in [0.2, 0.25) is 0 Å². The van der Waals surface area contributed by atoms with Crippen molar-refractivity contribution in [3.05, 3.63) is 58.9 Å². The molecule has 2 aromatic rings. The zero-order chi connectivity index (χ0) is 13.2. The molecule has 0 aromatic heterocycles. The Morgan fingerprint density at radius 1 is 1.11 bits per heavy atom. The van der Waals surface area contributed by atoms with Crippen molar-refractivity contribution in [1.82, 2.24) is 5.32 Å². The maximum absolute atomic E-state index is 14.1. The zero-order valence-electron chi connectivity index (χ0n) is 10.5. The Bertz CT molecular complexity index is 576. The SMILES string of the molecule is Fc1cc(CNC2CC2)ccc1-c1ccc(Cl)cc1. The summed E-state index contributed by atoms with van der Waals surface area (Å²) in [4.78, 5) is 0. The minimum Gasteiger partial charge on any atom is -0.310 e. The van der Waals surface area contributed by atoms with Crippen LogP contribution in [0.2, 0.25) is 5.02 Å². The van der Waals surface area contributed by atoms with E-state index in [2.05, 4.69) is 5.32 Å². The molecule has 0 bridgehead atoms. The van der Waals surface area contributed by atoms with Gasteiger partial charge in [0.05, 0.1) is 0 Å². The van der Waals surface area contributed by atoms with E-state index in [0.29, 0.717) is 16.6 Å². The molecule has 98 valence electrons. The summed E-state index contributed by atoms with van der Waals surface area (Å²) in [6.07, 6.45) is 2.48. The van der Waals surface area contributed by atoms with Crippen LogP contribution in [-0.2, 0) is 6.54 Å². The quantitative estimate of drug-likeness (QED) is 0.872. The van der Waals surface area contributed by atoms with Gasteiger partial charge in [0.15, 0.2) is 0 Å². The molecular formula is C16H15ClFN. The summed E-state index contributed by atoms with van der Waals surface area (Å²) < 4.78 is 14.1. The molecule has 3 heteroatoms. The van der Waals surface area contributed by atoms with Gasteiger partial charge in [-0.15, -0.1) is 0 Å². The molecule has 1 aliphatic carbocycles. The van der Waals surface area contributed by atoms with Gasteiger partial charge in [0, 0.05) is 23.2 Å². The molecule has 0 radical (unpaired) electrons. The summed E-state index contributed by atoms with van der Waals surface area (Å²) in [5.74, 6) is -0.183. The van der Waals surface area contributed by atoms with E-state index in [1.807, 2.05) is 24.3 Å². The molecule has 0 saturated heterocycles. The second-order valence-electron chi connectivity index (χ2n) is 4.98. The first-order valence-electron chi connectivity index (χ1n) is 6.50. The van der Waals surface area contributed by atoms with Gasteiger partial charge in [0.1, 0.15) is 5.82 Å². The van der Waals surface area contributed by atoms with Gasteiger partial charge in [-0.1, -0.05) is 35.9 Å². The highest BCUT2D eigenvalue weighted by atomic mass is 35.5. The van der Waals surface area contributed by atoms with Gasteiger partial charge in [-0.25, -0.2) is 4.39 Å². The van der Waals surface area contributed by atoms with Crippen LogP contribution in [0.4, 0.5) is 4.39 Å². The highest BCUT2D eigenvalue weighted by Gasteiger charge is 2.20. The number of nitrogens with one attached hydrogen (secondary N) is 1. The van der Waals surface area contributed by atoms with Crippen LogP contribution in [-0.4, -0.2) is 6.04 Å². The first-order valence-corrected chi connectivity index (χ1v) is 6.88. The van der Waals surface area contributed by atoms with Gasteiger partial charge >= 0.3 is 0 Å². The van der Waals surface area contributed by atoms with Crippen LogP contribution >= 0.6 is 11.6 Å². The molecule has 1 saturated carbocycles. The summed E-state index contributed by atoms with van der Waals surface area (Å²) in [6.45, 7) is 0.739. The smallest absolute Gasteiger partial charge is 0.131 e. The van der Waals surface area contributed by atoms with Crippen molar-refractivity contribution in [2.75, 3.05) is 0 Å². The molecule has 1 fully saturated rings. The molecule has 2 aromatic carbocycles. The molecule has 0 unspecified atom stereocenters. The van der Waals surface area contributed by atoms with Crippen molar-refractivity contribution in [2.24, 2.45) is 0 Å². The number of halogens is 2. The predicted molar refractivity (Wildman–Crippen MR) is 76.7 cm³/mol. The fraction of sp³-hybridized carbons (Fsp3) is 0.250. The lowest BCUT2D eigenvalue weighted by Gasteiger charge is -2.07. The molecule has 1 aliphatic rings. The maximum Gasteiger partial charge on any atom is 0.131 e. The van der Waals surface area contributed by atoms with Crippen molar-refractivity contribution in [2.45, 2.75) is 25.4 Å². The highest BCUT2D eigenvalue weighted by Crippen LogP contribution is 2.25. The molecule has 19 heavy (non-hydrogen) atoms. The molecule has 0 aliphatic heterocycles. The maximum atomic E-state index is 14.1. The molecule has 0 amide bonds. The molecule has 3 rings (SSSR count). The monoisotopic (exact) mass is 275 g/mol. The van der Waals surface area contributed by atoms with Crippen molar-refractivity contribution < 1.29 is 4.39 Å². The van der Waals surface area contributed by atoms with Gasteiger partial charge in [-0.3, -0.25) is 0 Å². The second-order valence-corrected chi connectivity index (χ2v) is 5.41. The Morgan fingerprint density at radius 2 is 1.84 bits per heavy atom. The summed E-state index contributed by atoms with van der Waals surface area (Å²) in [5.41, 5.74) is 2.46. The lowest BCUT2D eigenvalue weighted by molar-refractivity contribution is 0.623. The largest absolute Gasteiger partial charge is 0.310 e. The molecule has 0 spiro atoms. The number of hydrogen-bond acceptors (Lipinski definition) is 1. The van der Waals surface area contributed by atoms with E-state index in [1.165, 1.54) is 12.8 Å². The predicted octanol–water partition coefficient (Wildman–Crippen LogP) is 4.40. The summed E-state index contributed by atoms with van der Waals surface area (Å²) in [6, 6.07) is 13.3. The third-order valence-electron chi connectivity index (χ3n) is 3.36. The van der Waals surface area contributed by atoms with E-state index >= 15 is 0 Å². The van der Waals surface area contributed by atoms with E-state index in [-0.39, 0.29) is 5.82 Å². The minimum absolute atomic E-state index is 0.183. The summed E-state index contributed by atoms with van der Waals surface area (Å²) in [7, 11) is 0. The van der Waals surface area contributed by atoms with Crippen molar-refractivity contribution >= 4 is 11.6 Å². The highest BCUT2D eigenvalue weighted by molar-refractivity contribution is 6.30. The molecule has 0 heterocycles. The average Bonchev–Trinajstić information content (AvgIpc) is 3.22. The van der Waals surface area contributed by atoms with E-state index in [0.717, 1.165) is 17.7 Å². The van der Waals surface area contributed by atoms with Crippen LogP contribution < -0.4 is 5.32 Å². The minimum atomic E-state index is -0.183. The van der Waals surface area contributed by atoms with E-state index in [9.17, 15) is 4.39 Å². The second kappa shape index (κ2) is 5.32. The lowest BCUT2D eigenvalue weighted by atomic mass is 10.0. The van der Waals surface area contributed by atoms with Gasteiger partial charge in [-0.2, -0.15) is 0 Å². The Balaban J connectivity index is 1.80. The van der Waals surface area contributed by atoms with Gasteiger partial charge in [-0.05, 0) is 42.2 Å². The fourth-order valence-electron chi connectivity index (χ4n) is 2.08. The van der Waals surface area contributed by atoms with E-state index in [4.69, 9.17) is 11.6 Å². The normalized spacial score (nSPS) is 14.6. The van der Waals surface area contributed by atoms with Crippen LogP contribution in [0.3, 0.4) is 0 Å². The summed E-state index contributed by atoms with van der Waals surface area (Å²) >= 11 is 5.84. The molecule has 0 atom stereocenters. The summed E-state index contributed by atoms with van der Waals surface area (Å²) in [5, 5.41) is 4.04. The van der Waals surface area contributed by atoms with Crippen molar-refractivity contribution in [3.63, 3.8) is 0 Å². The molecular weight excluding hydrogens is 261 g/mol. The van der Waals surface area contributed by atoms with Crippen LogP contribution in [0.15, 0.2) is 42.5 Å². The first-order chi connectivity index (χ1) is 9.22.